The zero-order valence-corrected chi connectivity index (χ0v) is 12.2. The van der Waals surface area contributed by atoms with E-state index in [0.29, 0.717) is 5.69 Å². The van der Waals surface area contributed by atoms with Gasteiger partial charge in [0.25, 0.3) is 5.04 Å². The van der Waals surface area contributed by atoms with E-state index in [9.17, 15) is 8.42 Å². The van der Waals surface area contributed by atoms with Gasteiger partial charge in [0.1, 0.15) is 6.07 Å². The standard InChI is InChI=1S/C13H17N3O2S/c1-10-6-5-7-11(8-10)15-16-12(9-14)19(17,18)13(2,3)4/h5-8,15H,1-4H3/b16-12+. The van der Waals surface area contributed by atoms with Crippen molar-refractivity contribution >= 4 is 20.6 Å². The molecule has 0 spiro atoms. The van der Waals surface area contributed by atoms with Crippen molar-refractivity contribution in [3.8, 4) is 6.07 Å². The second-order valence-electron chi connectivity index (χ2n) is 5.13. The van der Waals surface area contributed by atoms with Crippen molar-refractivity contribution in [1.29, 1.82) is 5.26 Å². The van der Waals surface area contributed by atoms with Crippen LogP contribution in [-0.2, 0) is 9.84 Å². The van der Waals surface area contributed by atoms with Crippen LogP contribution >= 0.6 is 0 Å². The van der Waals surface area contributed by atoms with Gasteiger partial charge in [-0.2, -0.15) is 10.4 Å². The summed E-state index contributed by atoms with van der Waals surface area (Å²) in [5.74, 6) is 0. The first-order chi connectivity index (χ1) is 8.68. The molecule has 0 saturated heterocycles. The number of nitrogens with one attached hydrogen (secondary N) is 1. The quantitative estimate of drug-likeness (QED) is 0.512. The van der Waals surface area contributed by atoms with Gasteiger partial charge in [-0.1, -0.05) is 12.1 Å². The van der Waals surface area contributed by atoms with Gasteiger partial charge in [-0.3, -0.25) is 5.43 Å². The lowest BCUT2D eigenvalue weighted by Crippen LogP contribution is -2.34. The molecule has 0 heterocycles. The van der Waals surface area contributed by atoms with Crippen LogP contribution in [-0.4, -0.2) is 18.2 Å². The number of nitrogens with zero attached hydrogens (tertiary/aromatic N) is 2. The topological polar surface area (TPSA) is 82.3 Å². The largest absolute Gasteiger partial charge is 0.277 e. The Hall–Kier alpha value is -1.87. The Morgan fingerprint density at radius 2 is 2.00 bits per heavy atom. The van der Waals surface area contributed by atoms with E-state index < -0.39 is 19.6 Å². The molecular formula is C13H17N3O2S. The molecule has 0 radical (unpaired) electrons. The monoisotopic (exact) mass is 279 g/mol. The van der Waals surface area contributed by atoms with Crippen molar-refractivity contribution in [2.24, 2.45) is 5.10 Å². The fraction of sp³-hybridized carbons (Fsp3) is 0.385. The minimum absolute atomic E-state index is 0.512. The van der Waals surface area contributed by atoms with Crippen LogP contribution in [0.25, 0.3) is 0 Å². The minimum atomic E-state index is -3.74. The van der Waals surface area contributed by atoms with Crippen LogP contribution in [0.5, 0.6) is 0 Å². The normalized spacial score (nSPS) is 12.9. The van der Waals surface area contributed by atoms with Gasteiger partial charge in [-0.15, -0.1) is 0 Å². The summed E-state index contributed by atoms with van der Waals surface area (Å²) in [6, 6.07) is 8.91. The Balaban J connectivity index is 3.07. The highest BCUT2D eigenvalue weighted by atomic mass is 32.2. The third-order valence-corrected chi connectivity index (χ3v) is 4.77. The fourth-order valence-electron chi connectivity index (χ4n) is 1.27. The van der Waals surface area contributed by atoms with E-state index in [4.69, 9.17) is 5.26 Å². The summed E-state index contributed by atoms with van der Waals surface area (Å²) in [5.41, 5.74) is 4.25. The molecule has 0 aliphatic heterocycles. The molecule has 6 heteroatoms. The summed E-state index contributed by atoms with van der Waals surface area (Å²) in [4.78, 5) is 0. The van der Waals surface area contributed by atoms with Crippen molar-refractivity contribution in [1.82, 2.24) is 0 Å². The van der Waals surface area contributed by atoms with E-state index in [-0.39, 0.29) is 0 Å². The Bertz CT molecular complexity index is 635. The molecule has 0 aliphatic carbocycles. The number of hydrazone groups is 1. The molecular weight excluding hydrogens is 262 g/mol. The summed E-state index contributed by atoms with van der Waals surface area (Å²) in [6.45, 7) is 6.50. The molecule has 1 aromatic carbocycles. The van der Waals surface area contributed by atoms with Gasteiger partial charge in [-0.05, 0) is 45.4 Å². The summed E-state index contributed by atoms with van der Waals surface area (Å²) in [6.07, 6.45) is 0. The zero-order valence-electron chi connectivity index (χ0n) is 11.4. The van der Waals surface area contributed by atoms with Crippen molar-refractivity contribution in [3.63, 3.8) is 0 Å². The fourth-order valence-corrected chi connectivity index (χ4v) is 2.13. The number of sulfone groups is 1. The van der Waals surface area contributed by atoms with Gasteiger partial charge >= 0.3 is 0 Å². The Morgan fingerprint density at radius 1 is 1.37 bits per heavy atom. The van der Waals surface area contributed by atoms with Crippen LogP contribution in [0.15, 0.2) is 29.4 Å². The molecule has 0 bridgehead atoms. The molecule has 102 valence electrons. The second kappa shape index (κ2) is 5.41. The van der Waals surface area contributed by atoms with Gasteiger partial charge in [0.15, 0.2) is 0 Å². The van der Waals surface area contributed by atoms with Crippen molar-refractivity contribution in [2.45, 2.75) is 32.4 Å². The third-order valence-electron chi connectivity index (χ3n) is 2.46. The number of hydrogen-bond acceptors (Lipinski definition) is 5. The predicted octanol–water partition coefficient (Wildman–Crippen LogP) is 2.46. The van der Waals surface area contributed by atoms with Crippen LogP contribution < -0.4 is 5.43 Å². The molecule has 0 unspecified atom stereocenters. The summed E-state index contributed by atoms with van der Waals surface area (Å²) in [5, 5.41) is 12.2. The van der Waals surface area contributed by atoms with Crippen LogP contribution in [0.1, 0.15) is 26.3 Å². The average Bonchev–Trinajstić information content (AvgIpc) is 2.28. The van der Waals surface area contributed by atoms with Gasteiger partial charge < -0.3 is 0 Å². The summed E-state index contributed by atoms with van der Waals surface area (Å²) in [7, 11) is -3.74. The van der Waals surface area contributed by atoms with E-state index >= 15 is 0 Å². The minimum Gasteiger partial charge on any atom is -0.277 e. The molecule has 0 fully saturated rings. The van der Waals surface area contributed by atoms with Gasteiger partial charge in [0, 0.05) is 0 Å². The number of anilines is 1. The van der Waals surface area contributed by atoms with Gasteiger partial charge in [0.2, 0.25) is 9.84 Å². The molecule has 0 amide bonds. The Kier molecular flexibility index (Phi) is 4.32. The van der Waals surface area contributed by atoms with Gasteiger partial charge in [-0.25, -0.2) is 8.42 Å². The first kappa shape index (κ1) is 15.2. The van der Waals surface area contributed by atoms with Crippen LogP contribution in [0, 0.1) is 18.3 Å². The smallest absolute Gasteiger partial charge is 0.252 e. The molecule has 1 N–H and O–H groups in total. The molecule has 1 aromatic rings. The molecule has 0 atom stereocenters. The first-order valence-electron chi connectivity index (χ1n) is 5.73. The number of hydrogen-bond donors (Lipinski definition) is 1. The van der Waals surface area contributed by atoms with E-state index in [2.05, 4.69) is 10.5 Å². The summed E-state index contributed by atoms with van der Waals surface area (Å²) < 4.78 is 23.1. The third kappa shape index (κ3) is 3.55. The molecule has 0 saturated carbocycles. The predicted molar refractivity (Wildman–Crippen MR) is 76.5 cm³/mol. The van der Waals surface area contributed by atoms with E-state index in [1.807, 2.05) is 25.1 Å². The maximum Gasteiger partial charge on any atom is 0.252 e. The van der Waals surface area contributed by atoms with Crippen LogP contribution in [0.3, 0.4) is 0 Å². The Labute approximate surface area is 113 Å². The lowest BCUT2D eigenvalue weighted by Gasteiger charge is -2.17. The van der Waals surface area contributed by atoms with Crippen LogP contribution in [0.4, 0.5) is 5.69 Å². The zero-order chi connectivity index (χ0) is 14.7. The second-order valence-corrected chi connectivity index (χ2v) is 7.74. The van der Waals surface area contributed by atoms with E-state index in [0.717, 1.165) is 5.56 Å². The molecule has 19 heavy (non-hydrogen) atoms. The molecule has 5 nitrogen and oxygen atoms in total. The molecule has 0 aliphatic rings. The van der Waals surface area contributed by atoms with Crippen LogP contribution in [0.2, 0.25) is 0 Å². The Morgan fingerprint density at radius 3 is 2.47 bits per heavy atom. The molecule has 1 rings (SSSR count). The first-order valence-corrected chi connectivity index (χ1v) is 7.22. The van der Waals surface area contributed by atoms with Gasteiger partial charge in [0.05, 0.1) is 10.4 Å². The highest BCUT2D eigenvalue weighted by Crippen LogP contribution is 2.18. The van der Waals surface area contributed by atoms with Crippen molar-refractivity contribution in [2.75, 3.05) is 5.43 Å². The van der Waals surface area contributed by atoms with Crippen molar-refractivity contribution < 1.29 is 8.42 Å². The van der Waals surface area contributed by atoms with E-state index in [1.165, 1.54) is 20.8 Å². The number of benzene rings is 1. The maximum absolute atomic E-state index is 12.1. The van der Waals surface area contributed by atoms with E-state index in [1.54, 1.807) is 12.1 Å². The number of aryl methyl sites for hydroxylation is 1. The lowest BCUT2D eigenvalue weighted by molar-refractivity contribution is 0.573. The lowest BCUT2D eigenvalue weighted by atomic mass is 10.2. The summed E-state index contributed by atoms with van der Waals surface area (Å²) >= 11 is 0. The highest BCUT2D eigenvalue weighted by molar-refractivity contribution is 8.08. The van der Waals surface area contributed by atoms with Crippen molar-refractivity contribution in [3.05, 3.63) is 29.8 Å². The molecule has 0 aromatic heterocycles. The highest BCUT2D eigenvalue weighted by Gasteiger charge is 2.34. The number of nitriles is 1. The average molecular weight is 279 g/mol. The number of rotatable bonds is 2. The SMILES string of the molecule is Cc1cccc(N/N=C(\C#N)S(=O)(=O)C(C)(C)C)c1. The maximum atomic E-state index is 12.1.